The first-order valence-electron chi connectivity index (χ1n) is 7.61. The number of alkyl halides is 3. The van der Waals surface area contributed by atoms with Gasteiger partial charge in [-0.2, -0.15) is 18.3 Å². The van der Waals surface area contributed by atoms with E-state index in [0.29, 0.717) is 31.7 Å². The van der Waals surface area contributed by atoms with Crippen molar-refractivity contribution in [2.24, 2.45) is 0 Å². The summed E-state index contributed by atoms with van der Waals surface area (Å²) in [5.74, 6) is -0.514. The normalized spacial score (nSPS) is 15.3. The van der Waals surface area contributed by atoms with Crippen molar-refractivity contribution in [3.05, 3.63) is 53.3 Å². The lowest BCUT2D eigenvalue weighted by Crippen LogP contribution is -2.50. The van der Waals surface area contributed by atoms with Gasteiger partial charge in [-0.1, -0.05) is 0 Å². The Morgan fingerprint density at radius 3 is 1.88 bits per heavy atom. The second-order valence-corrected chi connectivity index (χ2v) is 5.65. The lowest BCUT2D eigenvalue weighted by atomic mass is 10.1. The molecule has 6 nitrogen and oxygen atoms in total. The Kier molecular flexibility index (Phi) is 4.47. The Morgan fingerprint density at radius 1 is 0.920 bits per heavy atom. The molecular formula is C16H15F3N4O2. The fourth-order valence-corrected chi connectivity index (χ4v) is 2.65. The van der Waals surface area contributed by atoms with Crippen molar-refractivity contribution in [1.82, 2.24) is 20.0 Å². The maximum atomic E-state index is 12.6. The van der Waals surface area contributed by atoms with Gasteiger partial charge in [0, 0.05) is 37.9 Å². The Balaban J connectivity index is 1.61. The second-order valence-electron chi connectivity index (χ2n) is 5.65. The summed E-state index contributed by atoms with van der Waals surface area (Å²) in [7, 11) is 0. The summed E-state index contributed by atoms with van der Waals surface area (Å²) >= 11 is 0. The van der Waals surface area contributed by atoms with Gasteiger partial charge >= 0.3 is 6.18 Å². The smallest absolute Gasteiger partial charge is 0.335 e. The van der Waals surface area contributed by atoms with Gasteiger partial charge in [0.2, 0.25) is 0 Å². The molecule has 1 aliphatic rings. The van der Waals surface area contributed by atoms with Gasteiger partial charge < -0.3 is 9.80 Å². The van der Waals surface area contributed by atoms with Crippen LogP contribution in [0.3, 0.4) is 0 Å². The van der Waals surface area contributed by atoms with Gasteiger partial charge in [-0.25, -0.2) is 0 Å². The minimum absolute atomic E-state index is 0.171. The molecule has 1 N–H and O–H groups in total. The molecule has 1 saturated heterocycles. The monoisotopic (exact) mass is 352 g/mol. The minimum Gasteiger partial charge on any atom is -0.335 e. The van der Waals surface area contributed by atoms with Gasteiger partial charge in [0.1, 0.15) is 0 Å². The minimum atomic E-state index is -4.43. The number of rotatable bonds is 2. The number of hydrogen-bond donors (Lipinski definition) is 1. The fraction of sp³-hybridized carbons (Fsp3) is 0.312. The topological polar surface area (TPSA) is 69.3 Å². The van der Waals surface area contributed by atoms with Crippen molar-refractivity contribution < 1.29 is 22.8 Å². The van der Waals surface area contributed by atoms with Crippen molar-refractivity contribution in [3.63, 3.8) is 0 Å². The van der Waals surface area contributed by atoms with E-state index in [2.05, 4.69) is 10.2 Å². The first kappa shape index (κ1) is 17.0. The molecule has 1 fully saturated rings. The Bertz CT molecular complexity index is 749. The van der Waals surface area contributed by atoms with E-state index in [-0.39, 0.29) is 17.4 Å². The quantitative estimate of drug-likeness (QED) is 0.899. The molecule has 132 valence electrons. The molecule has 0 atom stereocenters. The molecule has 1 aromatic heterocycles. The molecule has 2 amide bonds. The van der Waals surface area contributed by atoms with Crippen LogP contribution in [0.2, 0.25) is 0 Å². The number of hydrogen-bond acceptors (Lipinski definition) is 3. The molecule has 0 bridgehead atoms. The highest BCUT2D eigenvalue weighted by Crippen LogP contribution is 2.29. The molecule has 2 heterocycles. The zero-order valence-electron chi connectivity index (χ0n) is 13.1. The van der Waals surface area contributed by atoms with Crippen LogP contribution in [0.1, 0.15) is 26.3 Å². The van der Waals surface area contributed by atoms with E-state index in [9.17, 15) is 22.8 Å². The number of nitrogens with zero attached hydrogens (tertiary/aromatic N) is 3. The van der Waals surface area contributed by atoms with Crippen molar-refractivity contribution in [2.75, 3.05) is 26.2 Å². The summed E-state index contributed by atoms with van der Waals surface area (Å²) in [4.78, 5) is 27.7. The van der Waals surface area contributed by atoms with Gasteiger partial charge in [-0.3, -0.25) is 14.7 Å². The molecule has 0 saturated carbocycles. The summed E-state index contributed by atoms with van der Waals surface area (Å²) in [6.45, 7) is 1.36. The molecule has 0 radical (unpaired) electrons. The molecule has 1 aliphatic heterocycles. The lowest BCUT2D eigenvalue weighted by Gasteiger charge is -2.34. The number of aromatic amines is 1. The predicted molar refractivity (Wildman–Crippen MR) is 81.8 cm³/mol. The largest absolute Gasteiger partial charge is 0.416 e. The first-order valence-corrected chi connectivity index (χ1v) is 7.61. The molecule has 0 unspecified atom stereocenters. The highest BCUT2D eigenvalue weighted by molar-refractivity contribution is 5.95. The van der Waals surface area contributed by atoms with E-state index >= 15 is 0 Å². The number of carbonyl (C=O) groups is 2. The molecular weight excluding hydrogens is 337 g/mol. The highest BCUT2D eigenvalue weighted by Gasteiger charge is 2.31. The SMILES string of the molecule is O=C(c1ccc(C(F)(F)F)cc1)N1CCN(C(=O)c2cn[nH]c2)CC1. The van der Waals surface area contributed by atoms with Crippen molar-refractivity contribution in [2.45, 2.75) is 6.18 Å². The Hall–Kier alpha value is -2.84. The van der Waals surface area contributed by atoms with Crippen molar-refractivity contribution in [3.8, 4) is 0 Å². The van der Waals surface area contributed by atoms with Gasteiger partial charge in [0.25, 0.3) is 11.8 Å². The van der Waals surface area contributed by atoms with E-state index in [1.165, 1.54) is 29.4 Å². The second kappa shape index (κ2) is 6.58. The number of nitrogens with one attached hydrogen (secondary N) is 1. The molecule has 25 heavy (non-hydrogen) atoms. The number of carbonyl (C=O) groups excluding carboxylic acids is 2. The van der Waals surface area contributed by atoms with E-state index in [4.69, 9.17) is 0 Å². The zero-order valence-corrected chi connectivity index (χ0v) is 13.1. The number of H-pyrrole nitrogens is 1. The third kappa shape index (κ3) is 3.65. The summed E-state index contributed by atoms with van der Waals surface area (Å²) in [6.07, 6.45) is -1.50. The van der Waals surface area contributed by atoms with Crippen molar-refractivity contribution >= 4 is 11.8 Å². The van der Waals surface area contributed by atoms with Crippen LogP contribution in [0, 0.1) is 0 Å². The average Bonchev–Trinajstić information content (AvgIpc) is 3.14. The van der Waals surface area contributed by atoms with Crippen LogP contribution >= 0.6 is 0 Å². The molecule has 3 rings (SSSR count). The van der Waals surface area contributed by atoms with Crippen LogP contribution in [-0.2, 0) is 6.18 Å². The molecule has 0 spiro atoms. The molecule has 9 heteroatoms. The Morgan fingerprint density at radius 2 is 1.44 bits per heavy atom. The van der Waals surface area contributed by atoms with Crippen LogP contribution in [-0.4, -0.2) is 58.0 Å². The Labute approximate surface area is 141 Å². The maximum absolute atomic E-state index is 12.6. The summed E-state index contributed by atoms with van der Waals surface area (Å²) in [5, 5.41) is 6.30. The predicted octanol–water partition coefficient (Wildman–Crippen LogP) is 2.03. The van der Waals surface area contributed by atoms with Gasteiger partial charge in [-0.05, 0) is 24.3 Å². The summed E-state index contributed by atoms with van der Waals surface area (Å²) < 4.78 is 37.7. The fourth-order valence-electron chi connectivity index (χ4n) is 2.65. The standard InChI is InChI=1S/C16H15F3N4O2/c17-16(18,19)13-3-1-11(2-4-13)14(24)22-5-7-23(8-6-22)15(25)12-9-20-21-10-12/h1-4,9-10H,5-8H2,(H,20,21). The van der Waals surface area contributed by atoms with Crippen LogP contribution in [0.15, 0.2) is 36.7 Å². The van der Waals surface area contributed by atoms with E-state index in [1.807, 2.05) is 0 Å². The zero-order chi connectivity index (χ0) is 18.0. The summed E-state index contributed by atoms with van der Waals surface area (Å²) in [6, 6.07) is 4.14. The molecule has 0 aliphatic carbocycles. The van der Waals surface area contributed by atoms with Crippen molar-refractivity contribution in [1.29, 1.82) is 0 Å². The van der Waals surface area contributed by atoms with Crippen LogP contribution in [0.5, 0.6) is 0 Å². The third-order valence-corrected chi connectivity index (χ3v) is 4.06. The number of amides is 2. The van der Waals surface area contributed by atoms with Crippen LogP contribution in [0.25, 0.3) is 0 Å². The maximum Gasteiger partial charge on any atom is 0.416 e. The van der Waals surface area contributed by atoms with Crippen LogP contribution < -0.4 is 0 Å². The number of piperazine rings is 1. The first-order chi connectivity index (χ1) is 11.9. The van der Waals surface area contributed by atoms with E-state index in [1.54, 1.807) is 4.90 Å². The number of aromatic nitrogens is 2. The third-order valence-electron chi connectivity index (χ3n) is 4.06. The molecule has 2 aromatic rings. The summed E-state index contributed by atoms with van der Waals surface area (Å²) in [5.41, 5.74) is -0.148. The lowest BCUT2D eigenvalue weighted by molar-refractivity contribution is -0.137. The van der Waals surface area contributed by atoms with E-state index < -0.39 is 11.7 Å². The van der Waals surface area contributed by atoms with Gasteiger partial charge in [0.15, 0.2) is 0 Å². The number of benzene rings is 1. The van der Waals surface area contributed by atoms with Gasteiger partial charge in [-0.15, -0.1) is 0 Å². The molecule has 1 aromatic carbocycles. The highest BCUT2D eigenvalue weighted by atomic mass is 19.4. The van der Waals surface area contributed by atoms with Gasteiger partial charge in [0.05, 0.1) is 17.3 Å². The van der Waals surface area contributed by atoms with E-state index in [0.717, 1.165) is 12.1 Å². The average molecular weight is 352 g/mol. The number of halogens is 3. The van der Waals surface area contributed by atoms with Crippen LogP contribution in [0.4, 0.5) is 13.2 Å².